The van der Waals surface area contributed by atoms with Crippen LogP contribution in [0.4, 0.5) is 0 Å². The van der Waals surface area contributed by atoms with Crippen LogP contribution in [0.5, 0.6) is 5.75 Å². The summed E-state index contributed by atoms with van der Waals surface area (Å²) in [6.45, 7) is 4.86. The van der Waals surface area contributed by atoms with Gasteiger partial charge in [0.05, 0.1) is 19.7 Å². The Morgan fingerprint density at radius 2 is 2.00 bits per heavy atom. The monoisotopic (exact) mass is 286 g/mol. The van der Waals surface area contributed by atoms with E-state index in [4.69, 9.17) is 10.5 Å². The van der Waals surface area contributed by atoms with Gasteiger partial charge in [-0.3, -0.25) is 4.90 Å². The zero-order valence-corrected chi connectivity index (χ0v) is 12.6. The van der Waals surface area contributed by atoms with Crippen LogP contribution in [0.15, 0.2) is 36.7 Å². The fraction of sp³-hybridized carbons (Fsp3) is 0.438. The molecule has 1 aromatic heterocycles. The fourth-order valence-corrected chi connectivity index (χ4v) is 3.08. The first-order valence-electron chi connectivity index (χ1n) is 7.32. The normalized spacial score (nSPS) is 18.0. The summed E-state index contributed by atoms with van der Waals surface area (Å²) >= 11 is 0. The lowest BCUT2D eigenvalue weighted by atomic mass is 9.98. The standard InChI is InChI=1S/C16H22N4O/c1-12(17)16(13-3-5-14(21-2)6-4-13)20-10-9-19-8-7-18-15(19)11-20/h3-8,12,16H,9-11,17H2,1-2H3. The maximum atomic E-state index is 6.27. The number of benzene rings is 1. The molecular weight excluding hydrogens is 264 g/mol. The summed E-state index contributed by atoms with van der Waals surface area (Å²) in [4.78, 5) is 6.84. The van der Waals surface area contributed by atoms with E-state index < -0.39 is 0 Å². The lowest BCUT2D eigenvalue weighted by Crippen LogP contribution is -2.43. The summed E-state index contributed by atoms with van der Waals surface area (Å²) in [5.74, 6) is 1.98. The molecular formula is C16H22N4O. The molecule has 0 spiro atoms. The van der Waals surface area contributed by atoms with Crippen molar-refractivity contribution in [2.75, 3.05) is 13.7 Å². The SMILES string of the molecule is COc1ccc(C(C(C)N)N2CCn3ccnc3C2)cc1. The number of hydrogen-bond acceptors (Lipinski definition) is 4. The zero-order valence-electron chi connectivity index (χ0n) is 12.6. The molecule has 0 saturated heterocycles. The van der Waals surface area contributed by atoms with Gasteiger partial charge in [0.25, 0.3) is 0 Å². The van der Waals surface area contributed by atoms with Crippen LogP contribution in [-0.2, 0) is 13.1 Å². The largest absolute Gasteiger partial charge is 0.497 e. The summed E-state index contributed by atoms with van der Waals surface area (Å²) in [7, 11) is 1.68. The second kappa shape index (κ2) is 5.87. The van der Waals surface area contributed by atoms with Crippen LogP contribution in [0.2, 0.25) is 0 Å². The van der Waals surface area contributed by atoms with Crippen LogP contribution in [0.1, 0.15) is 24.4 Å². The van der Waals surface area contributed by atoms with Crippen LogP contribution in [-0.4, -0.2) is 34.1 Å². The topological polar surface area (TPSA) is 56.3 Å². The van der Waals surface area contributed by atoms with E-state index in [0.717, 1.165) is 31.2 Å². The Morgan fingerprint density at radius 3 is 2.67 bits per heavy atom. The average molecular weight is 286 g/mol. The molecule has 2 heterocycles. The molecule has 2 N–H and O–H groups in total. The Hall–Kier alpha value is -1.85. The van der Waals surface area contributed by atoms with Crippen molar-refractivity contribution < 1.29 is 4.74 Å². The van der Waals surface area contributed by atoms with E-state index in [1.165, 1.54) is 5.56 Å². The maximum absolute atomic E-state index is 6.27. The Balaban J connectivity index is 1.84. The molecule has 0 radical (unpaired) electrons. The molecule has 1 aliphatic rings. The molecule has 0 amide bonds. The van der Waals surface area contributed by atoms with Crippen molar-refractivity contribution in [1.82, 2.24) is 14.5 Å². The van der Waals surface area contributed by atoms with E-state index >= 15 is 0 Å². The van der Waals surface area contributed by atoms with Crippen molar-refractivity contribution in [3.63, 3.8) is 0 Å². The summed E-state index contributed by atoms with van der Waals surface area (Å²) < 4.78 is 7.44. The number of nitrogens with zero attached hydrogens (tertiary/aromatic N) is 3. The molecule has 0 fully saturated rings. The summed E-state index contributed by atoms with van der Waals surface area (Å²) in [5, 5.41) is 0. The predicted molar refractivity (Wildman–Crippen MR) is 82.0 cm³/mol. The van der Waals surface area contributed by atoms with Gasteiger partial charge >= 0.3 is 0 Å². The fourth-order valence-electron chi connectivity index (χ4n) is 3.08. The summed E-state index contributed by atoms with van der Waals surface area (Å²) in [6.07, 6.45) is 3.91. The highest BCUT2D eigenvalue weighted by Crippen LogP contribution is 2.28. The van der Waals surface area contributed by atoms with Crippen LogP contribution in [0.3, 0.4) is 0 Å². The van der Waals surface area contributed by atoms with Gasteiger partial charge in [0.15, 0.2) is 0 Å². The second-order valence-corrected chi connectivity index (χ2v) is 5.58. The molecule has 1 aliphatic heterocycles. The third-order valence-electron chi connectivity index (χ3n) is 4.12. The van der Waals surface area contributed by atoms with Crippen molar-refractivity contribution in [3.05, 3.63) is 48.0 Å². The van der Waals surface area contributed by atoms with Crippen LogP contribution < -0.4 is 10.5 Å². The van der Waals surface area contributed by atoms with Gasteiger partial charge in [-0.05, 0) is 24.6 Å². The molecule has 5 nitrogen and oxygen atoms in total. The van der Waals surface area contributed by atoms with Crippen LogP contribution >= 0.6 is 0 Å². The smallest absolute Gasteiger partial charge is 0.122 e. The first-order valence-corrected chi connectivity index (χ1v) is 7.32. The molecule has 112 valence electrons. The molecule has 2 aromatic rings. The Morgan fingerprint density at radius 1 is 1.24 bits per heavy atom. The van der Waals surface area contributed by atoms with Crippen molar-refractivity contribution in [2.24, 2.45) is 5.73 Å². The quantitative estimate of drug-likeness (QED) is 0.931. The molecule has 0 saturated carbocycles. The first kappa shape index (κ1) is 14.1. The van der Waals surface area contributed by atoms with Gasteiger partial charge in [-0.25, -0.2) is 4.98 Å². The van der Waals surface area contributed by atoms with Crippen molar-refractivity contribution in [1.29, 1.82) is 0 Å². The third-order valence-corrected chi connectivity index (χ3v) is 4.12. The minimum atomic E-state index is 0.0555. The lowest BCUT2D eigenvalue weighted by Gasteiger charge is -2.37. The van der Waals surface area contributed by atoms with Crippen molar-refractivity contribution >= 4 is 0 Å². The molecule has 3 rings (SSSR count). The molecule has 21 heavy (non-hydrogen) atoms. The van der Waals surface area contributed by atoms with Gasteiger partial charge in [0.1, 0.15) is 11.6 Å². The summed E-state index contributed by atoms with van der Waals surface area (Å²) in [5.41, 5.74) is 7.49. The maximum Gasteiger partial charge on any atom is 0.122 e. The Bertz CT molecular complexity index is 591. The van der Waals surface area contributed by atoms with Gasteiger partial charge in [-0.15, -0.1) is 0 Å². The zero-order chi connectivity index (χ0) is 14.8. The van der Waals surface area contributed by atoms with Gasteiger partial charge in [0, 0.05) is 31.5 Å². The van der Waals surface area contributed by atoms with Gasteiger partial charge in [-0.2, -0.15) is 0 Å². The number of rotatable bonds is 4. The average Bonchev–Trinajstić information content (AvgIpc) is 2.95. The summed E-state index contributed by atoms with van der Waals surface area (Å²) in [6, 6.07) is 8.45. The first-order chi connectivity index (χ1) is 10.2. The molecule has 5 heteroatoms. The highest BCUT2D eigenvalue weighted by Gasteiger charge is 2.27. The molecule has 0 aliphatic carbocycles. The molecule has 1 aromatic carbocycles. The van der Waals surface area contributed by atoms with E-state index in [1.54, 1.807) is 7.11 Å². The molecule has 2 atom stereocenters. The van der Waals surface area contributed by atoms with E-state index in [2.05, 4.69) is 33.5 Å². The van der Waals surface area contributed by atoms with Gasteiger partial charge in [-0.1, -0.05) is 12.1 Å². The number of methoxy groups -OCH3 is 1. The van der Waals surface area contributed by atoms with Gasteiger partial charge in [0.2, 0.25) is 0 Å². The van der Waals surface area contributed by atoms with Crippen LogP contribution in [0, 0.1) is 0 Å². The van der Waals surface area contributed by atoms with Crippen LogP contribution in [0.25, 0.3) is 0 Å². The van der Waals surface area contributed by atoms with Crippen molar-refractivity contribution in [3.8, 4) is 5.75 Å². The highest BCUT2D eigenvalue weighted by atomic mass is 16.5. The number of hydrogen-bond donors (Lipinski definition) is 1. The van der Waals surface area contributed by atoms with E-state index in [0.29, 0.717) is 0 Å². The second-order valence-electron chi connectivity index (χ2n) is 5.58. The molecule has 0 bridgehead atoms. The number of ether oxygens (including phenoxy) is 1. The van der Waals surface area contributed by atoms with Gasteiger partial charge < -0.3 is 15.0 Å². The van der Waals surface area contributed by atoms with E-state index in [9.17, 15) is 0 Å². The number of imidazole rings is 1. The van der Waals surface area contributed by atoms with E-state index in [-0.39, 0.29) is 12.1 Å². The number of nitrogens with two attached hydrogens (primary N) is 1. The van der Waals surface area contributed by atoms with E-state index in [1.807, 2.05) is 24.5 Å². The lowest BCUT2D eigenvalue weighted by molar-refractivity contribution is 0.136. The minimum Gasteiger partial charge on any atom is -0.497 e. The highest BCUT2D eigenvalue weighted by molar-refractivity contribution is 5.30. The third kappa shape index (κ3) is 2.80. The predicted octanol–water partition coefficient (Wildman–Crippen LogP) is 1.80. The van der Waals surface area contributed by atoms with Crippen molar-refractivity contribution in [2.45, 2.75) is 32.1 Å². The molecule has 2 unspecified atom stereocenters. The number of aromatic nitrogens is 2. The Labute approximate surface area is 125 Å². The number of fused-ring (bicyclic) bond motifs is 1. The Kier molecular flexibility index (Phi) is 3.94. The minimum absolute atomic E-state index is 0.0555.